The van der Waals surface area contributed by atoms with Crippen molar-refractivity contribution in [3.05, 3.63) is 99.3 Å². The Balaban J connectivity index is 0.00000240. The van der Waals surface area contributed by atoms with Gasteiger partial charge in [0.05, 0.1) is 5.75 Å². The van der Waals surface area contributed by atoms with Crippen LogP contribution in [0.2, 0.25) is 0 Å². The first kappa shape index (κ1) is 21.5. The maximum absolute atomic E-state index is 13.1. The molecule has 29 heavy (non-hydrogen) atoms. The number of benzene rings is 3. The summed E-state index contributed by atoms with van der Waals surface area (Å²) in [5, 5.41) is 1.23. The van der Waals surface area contributed by atoms with Crippen molar-refractivity contribution in [1.82, 2.24) is 4.57 Å². The lowest BCUT2D eigenvalue weighted by molar-refractivity contribution is -0.405. The Morgan fingerprint density at radius 1 is 0.931 bits per heavy atom. The van der Waals surface area contributed by atoms with Gasteiger partial charge in [-0.2, -0.15) is 4.57 Å². The number of hydrogen-bond donors (Lipinski definition) is 0. The van der Waals surface area contributed by atoms with Gasteiger partial charge in [0.2, 0.25) is 0 Å². The van der Waals surface area contributed by atoms with Crippen LogP contribution in [0.15, 0.2) is 93.3 Å². The van der Waals surface area contributed by atoms with Crippen LogP contribution in [0, 0.1) is 0 Å². The maximum Gasteiger partial charge on any atom is 0.351 e. The summed E-state index contributed by atoms with van der Waals surface area (Å²) >= 11 is 4.70. The molecule has 146 valence electrons. The minimum absolute atomic E-state index is 0. The van der Waals surface area contributed by atoms with Crippen molar-refractivity contribution in [3.63, 3.8) is 0 Å². The van der Waals surface area contributed by atoms with Crippen LogP contribution in [0.25, 0.3) is 16.6 Å². The number of para-hydroxylation sites is 2. The molecule has 4 rings (SSSR count). The smallest absolute Gasteiger partial charge is 0.351 e. The summed E-state index contributed by atoms with van der Waals surface area (Å²) < 4.78 is 2.56. The molecule has 0 amide bonds. The molecular weight excluding hydrogens is 516 g/mol. The number of hydrogen-bond acceptors (Lipinski definition) is 3. The molecule has 0 saturated carbocycles. The highest BCUT2D eigenvalue weighted by molar-refractivity contribution is 9.10. The van der Waals surface area contributed by atoms with Gasteiger partial charge in [0, 0.05) is 10.0 Å². The predicted octanol–water partition coefficient (Wildman–Crippen LogP) is 1.55. The third-order valence-electron chi connectivity index (χ3n) is 4.33. The fraction of sp³-hybridized carbons (Fsp3) is 0.0455. The van der Waals surface area contributed by atoms with E-state index in [1.54, 1.807) is 22.8 Å². The zero-order chi connectivity index (χ0) is 19.5. The largest absolute Gasteiger partial charge is 1.00 e. The summed E-state index contributed by atoms with van der Waals surface area (Å²) in [4.78, 5) is 29.0. The number of halogens is 2. The molecule has 4 nitrogen and oxygen atoms in total. The van der Waals surface area contributed by atoms with Crippen LogP contribution in [0.4, 0.5) is 0 Å². The lowest BCUT2D eigenvalue weighted by Gasteiger charge is -2.06. The minimum Gasteiger partial charge on any atom is -1.00 e. The number of aromatic nitrogens is 2. The van der Waals surface area contributed by atoms with Crippen LogP contribution in [0.3, 0.4) is 0 Å². The van der Waals surface area contributed by atoms with Gasteiger partial charge in [-0.05, 0) is 48.2 Å². The fourth-order valence-corrected chi connectivity index (χ4v) is 4.13. The average molecular weight is 532 g/mol. The molecule has 0 aliphatic carbocycles. The van der Waals surface area contributed by atoms with Crippen molar-refractivity contribution in [2.24, 2.45) is 0 Å². The molecule has 0 unspecified atom stereocenters. The van der Waals surface area contributed by atoms with Gasteiger partial charge in [0.15, 0.2) is 5.78 Å². The molecule has 0 radical (unpaired) electrons. The fourth-order valence-electron chi connectivity index (χ4n) is 2.93. The van der Waals surface area contributed by atoms with Crippen molar-refractivity contribution in [2.45, 2.75) is 5.16 Å². The molecule has 3 aromatic carbocycles. The monoisotopic (exact) mass is 530 g/mol. The SMILES string of the molecule is O=C(CSc1[nH+]c2ccccc2c(=O)n1-c1ccccc1)c1ccc(Br)cc1.[Br-]. The number of fused-ring (bicyclic) bond motifs is 1. The topological polar surface area (TPSA) is 53.2 Å². The van der Waals surface area contributed by atoms with Crippen LogP contribution in [-0.4, -0.2) is 16.1 Å². The number of H-pyrrole nitrogens is 1. The van der Waals surface area contributed by atoms with Gasteiger partial charge in [0.1, 0.15) is 16.6 Å². The summed E-state index contributed by atoms with van der Waals surface area (Å²) in [5.74, 6) is 0.231. The second kappa shape index (κ2) is 9.52. The standard InChI is InChI=1S/C22H15BrN2O2S.BrH/c23-16-12-10-15(11-13-16)20(26)14-28-22-24-19-9-5-4-8-18(19)21(27)25(22)17-6-2-1-3-7-17;/h1-13H,14H2;1H. The number of nitrogens with zero attached hydrogens (tertiary/aromatic N) is 1. The van der Waals surface area contributed by atoms with Crippen LogP contribution < -0.4 is 27.5 Å². The number of nitrogens with one attached hydrogen (secondary N) is 1. The van der Waals surface area contributed by atoms with Crippen molar-refractivity contribution in [2.75, 3.05) is 5.75 Å². The van der Waals surface area contributed by atoms with E-state index in [2.05, 4.69) is 20.9 Å². The summed E-state index contributed by atoms with van der Waals surface area (Å²) in [7, 11) is 0. The summed E-state index contributed by atoms with van der Waals surface area (Å²) in [6.45, 7) is 0. The molecule has 1 N–H and O–H groups in total. The molecule has 0 atom stereocenters. The minimum atomic E-state index is -0.112. The normalized spacial score (nSPS) is 10.5. The Hall–Kier alpha value is -2.22. The second-order valence-corrected chi connectivity index (χ2v) is 8.05. The summed E-state index contributed by atoms with van der Waals surface area (Å²) in [6, 6.07) is 24.1. The van der Waals surface area contributed by atoms with E-state index in [4.69, 9.17) is 0 Å². The summed E-state index contributed by atoms with van der Waals surface area (Å²) in [5.41, 5.74) is 2.04. The quantitative estimate of drug-likeness (QED) is 0.223. The Kier molecular flexibility index (Phi) is 7.05. The molecule has 0 spiro atoms. The number of ketones is 1. The maximum atomic E-state index is 13.1. The van der Waals surface area contributed by atoms with Crippen LogP contribution >= 0.6 is 27.7 Å². The van der Waals surface area contributed by atoms with Gasteiger partial charge in [0.25, 0.3) is 0 Å². The van der Waals surface area contributed by atoms with Crippen LogP contribution in [-0.2, 0) is 0 Å². The molecule has 0 aliphatic rings. The molecule has 4 aromatic rings. The number of aromatic amines is 1. The second-order valence-electron chi connectivity index (χ2n) is 6.17. The number of carbonyl (C=O) groups is 1. The number of Topliss-reactive ketones (excluding diaryl/α,β-unsaturated/α-hetero) is 1. The zero-order valence-electron chi connectivity index (χ0n) is 15.1. The van der Waals surface area contributed by atoms with E-state index in [0.29, 0.717) is 16.1 Å². The van der Waals surface area contributed by atoms with Gasteiger partial charge >= 0.3 is 10.7 Å². The van der Waals surface area contributed by atoms with E-state index in [1.807, 2.05) is 60.7 Å². The Morgan fingerprint density at radius 2 is 1.59 bits per heavy atom. The van der Waals surface area contributed by atoms with Crippen molar-refractivity contribution in [3.8, 4) is 5.69 Å². The van der Waals surface area contributed by atoms with E-state index in [1.165, 1.54) is 11.8 Å². The van der Waals surface area contributed by atoms with Crippen LogP contribution in [0.1, 0.15) is 10.4 Å². The molecule has 0 aliphatic heterocycles. The number of thioether (sulfide) groups is 1. The lowest BCUT2D eigenvalue weighted by atomic mass is 10.2. The summed E-state index contributed by atoms with van der Waals surface area (Å²) in [6.07, 6.45) is 0. The molecular formula is C22H16Br2N2O2S. The number of carbonyl (C=O) groups excluding carboxylic acids is 1. The Bertz CT molecular complexity index is 1210. The van der Waals surface area contributed by atoms with E-state index in [-0.39, 0.29) is 34.1 Å². The number of rotatable bonds is 5. The Labute approximate surface area is 190 Å². The van der Waals surface area contributed by atoms with E-state index in [0.717, 1.165) is 15.7 Å². The highest BCUT2D eigenvalue weighted by Crippen LogP contribution is 2.20. The van der Waals surface area contributed by atoms with E-state index < -0.39 is 0 Å². The lowest BCUT2D eigenvalue weighted by Crippen LogP contribution is -3.00. The zero-order valence-corrected chi connectivity index (χ0v) is 19.1. The molecule has 1 aromatic heterocycles. The molecule has 0 fully saturated rings. The average Bonchev–Trinajstić information content (AvgIpc) is 2.73. The van der Waals surface area contributed by atoms with E-state index >= 15 is 0 Å². The highest BCUT2D eigenvalue weighted by atomic mass is 79.9. The molecule has 0 saturated heterocycles. The van der Waals surface area contributed by atoms with Gasteiger partial charge in [-0.15, -0.1) is 0 Å². The Morgan fingerprint density at radius 3 is 2.31 bits per heavy atom. The van der Waals surface area contributed by atoms with Gasteiger partial charge in [-0.3, -0.25) is 4.79 Å². The predicted molar refractivity (Wildman–Crippen MR) is 115 cm³/mol. The molecule has 0 bridgehead atoms. The van der Waals surface area contributed by atoms with E-state index in [9.17, 15) is 9.59 Å². The van der Waals surface area contributed by atoms with Gasteiger partial charge in [-0.1, -0.05) is 58.4 Å². The first-order valence-electron chi connectivity index (χ1n) is 8.67. The third-order valence-corrected chi connectivity index (χ3v) is 5.82. The van der Waals surface area contributed by atoms with Crippen molar-refractivity contribution >= 4 is 44.4 Å². The van der Waals surface area contributed by atoms with Gasteiger partial charge < -0.3 is 17.0 Å². The highest BCUT2D eigenvalue weighted by Gasteiger charge is 2.21. The first-order valence-corrected chi connectivity index (χ1v) is 10.5. The molecule has 1 heterocycles. The third kappa shape index (κ3) is 4.69. The first-order chi connectivity index (χ1) is 13.6. The van der Waals surface area contributed by atoms with Crippen molar-refractivity contribution in [1.29, 1.82) is 0 Å². The van der Waals surface area contributed by atoms with Gasteiger partial charge in [-0.25, -0.2) is 9.78 Å². The van der Waals surface area contributed by atoms with Crippen LogP contribution in [0.5, 0.6) is 0 Å². The van der Waals surface area contributed by atoms with Crippen molar-refractivity contribution < 1.29 is 26.8 Å². The molecule has 7 heteroatoms.